The molecule has 5 aliphatic rings. The highest BCUT2D eigenvalue weighted by Crippen LogP contribution is 2.70. The molecule has 1 aliphatic carbocycles. The van der Waals surface area contributed by atoms with E-state index in [4.69, 9.17) is 28.4 Å². The Morgan fingerprint density at radius 3 is 2.68 bits per heavy atom. The van der Waals surface area contributed by atoms with Crippen LogP contribution in [0.3, 0.4) is 0 Å². The van der Waals surface area contributed by atoms with Crippen molar-refractivity contribution in [1.82, 2.24) is 0 Å². The Bertz CT molecular complexity index is 1300. The molecule has 3 saturated heterocycles. The number of phenols is 1. The van der Waals surface area contributed by atoms with Gasteiger partial charge >= 0.3 is 0 Å². The fourth-order valence-corrected chi connectivity index (χ4v) is 6.69. The molecule has 0 radical (unpaired) electrons. The molecule has 0 aromatic heterocycles. The second-order valence-corrected chi connectivity index (χ2v) is 9.91. The zero-order valence-corrected chi connectivity index (χ0v) is 19.4. The van der Waals surface area contributed by atoms with Crippen molar-refractivity contribution < 1.29 is 43.4 Å². The molecule has 34 heavy (non-hydrogen) atoms. The molecule has 4 aliphatic heterocycles. The van der Waals surface area contributed by atoms with Gasteiger partial charge in [-0.25, -0.2) is 0 Å². The second-order valence-electron chi connectivity index (χ2n) is 9.91. The summed E-state index contributed by atoms with van der Waals surface area (Å²) in [5, 5.41) is 24.3. The maximum absolute atomic E-state index is 12.8. The third-order valence-electron chi connectivity index (χ3n) is 8.40. The largest absolute Gasteiger partial charge is 0.506 e. The van der Waals surface area contributed by atoms with Gasteiger partial charge in [0.1, 0.15) is 29.5 Å². The lowest BCUT2D eigenvalue weighted by molar-refractivity contribution is -0.301. The number of ether oxygens (including phenoxy) is 6. The second kappa shape index (κ2) is 6.22. The van der Waals surface area contributed by atoms with Gasteiger partial charge in [0.05, 0.1) is 24.7 Å². The number of carbonyl (C=O) groups excluding carboxylic acids is 1. The molecule has 180 valence electrons. The van der Waals surface area contributed by atoms with Crippen LogP contribution in [0.15, 0.2) is 6.07 Å². The van der Waals surface area contributed by atoms with Crippen LogP contribution in [0.2, 0.25) is 0 Å². The van der Waals surface area contributed by atoms with E-state index in [1.807, 2.05) is 13.0 Å². The van der Waals surface area contributed by atoms with E-state index in [1.54, 1.807) is 21.1 Å². The molecule has 2 N–H and O–H groups in total. The summed E-state index contributed by atoms with van der Waals surface area (Å²) in [6.45, 7) is 3.89. The fraction of sp³-hybridized carbons (Fsp3) is 0.560. The van der Waals surface area contributed by atoms with Gasteiger partial charge in [0.25, 0.3) is 5.79 Å². The van der Waals surface area contributed by atoms with Gasteiger partial charge in [0.15, 0.2) is 11.9 Å². The summed E-state index contributed by atoms with van der Waals surface area (Å²) in [6, 6.07) is 1.91. The predicted molar refractivity (Wildman–Crippen MR) is 116 cm³/mol. The lowest BCUT2D eigenvalue weighted by atomic mass is 9.77. The first-order valence-corrected chi connectivity index (χ1v) is 11.6. The van der Waals surface area contributed by atoms with E-state index in [2.05, 4.69) is 0 Å². The Labute approximate surface area is 195 Å². The lowest BCUT2D eigenvalue weighted by Gasteiger charge is -2.47. The van der Waals surface area contributed by atoms with E-state index >= 15 is 0 Å². The number of ketones is 1. The van der Waals surface area contributed by atoms with Gasteiger partial charge in [0.2, 0.25) is 11.4 Å². The van der Waals surface area contributed by atoms with Gasteiger partial charge in [-0.2, -0.15) is 0 Å². The first-order valence-electron chi connectivity index (χ1n) is 11.6. The highest BCUT2D eigenvalue weighted by Gasteiger charge is 2.91. The maximum atomic E-state index is 12.8. The minimum Gasteiger partial charge on any atom is -0.506 e. The normalized spacial score (nSPS) is 37.5. The molecule has 6 unspecified atom stereocenters. The number of rotatable bonds is 3. The number of carbonyl (C=O) groups is 1. The Morgan fingerprint density at radius 1 is 1.24 bits per heavy atom. The highest BCUT2D eigenvalue weighted by molar-refractivity contribution is 6.11. The Kier molecular flexibility index (Phi) is 3.82. The van der Waals surface area contributed by atoms with Crippen molar-refractivity contribution >= 4 is 16.6 Å². The van der Waals surface area contributed by atoms with Crippen molar-refractivity contribution in [2.24, 2.45) is 0 Å². The summed E-state index contributed by atoms with van der Waals surface area (Å²) in [5.74, 6) is -2.70. The van der Waals surface area contributed by atoms with Gasteiger partial charge < -0.3 is 38.6 Å². The summed E-state index contributed by atoms with van der Waals surface area (Å²) >= 11 is 0. The molecule has 1 spiro atoms. The van der Waals surface area contributed by atoms with Crippen LogP contribution in [0, 0.1) is 6.92 Å². The van der Waals surface area contributed by atoms with Crippen LogP contribution >= 0.6 is 0 Å². The minimum atomic E-state index is -1.87. The number of hydrogen-bond acceptors (Lipinski definition) is 9. The maximum Gasteiger partial charge on any atom is 0.274 e. The molecule has 6 atom stereocenters. The van der Waals surface area contributed by atoms with E-state index in [0.717, 1.165) is 5.56 Å². The summed E-state index contributed by atoms with van der Waals surface area (Å²) in [7, 11) is 3.10. The van der Waals surface area contributed by atoms with Gasteiger partial charge in [-0.1, -0.05) is 0 Å². The van der Waals surface area contributed by atoms with Crippen LogP contribution in [0.25, 0.3) is 10.8 Å². The molecule has 9 heteroatoms. The number of hydrogen-bond donors (Lipinski definition) is 2. The Balaban J connectivity index is 1.54. The minimum absolute atomic E-state index is 0.139. The van der Waals surface area contributed by atoms with Crippen molar-refractivity contribution in [3.8, 4) is 17.2 Å². The number of methoxy groups -OCH3 is 2. The molecular weight excluding hydrogens is 444 g/mol. The number of Topliss-reactive ketones (excluding diaryl/α,β-unsaturated/α-hetero) is 1. The van der Waals surface area contributed by atoms with E-state index in [1.165, 1.54) is 0 Å². The number of aliphatic hydroxyl groups is 1. The van der Waals surface area contributed by atoms with Crippen LogP contribution in [0.4, 0.5) is 0 Å². The number of benzene rings is 2. The zero-order chi connectivity index (χ0) is 23.8. The van der Waals surface area contributed by atoms with Gasteiger partial charge in [-0.05, 0) is 38.3 Å². The number of fused-ring (bicyclic) bond motifs is 8. The third-order valence-corrected chi connectivity index (χ3v) is 8.40. The fourth-order valence-electron chi connectivity index (χ4n) is 6.69. The third kappa shape index (κ3) is 2.01. The lowest BCUT2D eigenvalue weighted by Crippen LogP contribution is -2.68. The van der Waals surface area contributed by atoms with E-state index < -0.39 is 35.5 Å². The number of aryl methyl sites for hydroxylation is 1. The molecule has 0 amide bonds. The van der Waals surface area contributed by atoms with Crippen molar-refractivity contribution in [3.05, 3.63) is 28.3 Å². The van der Waals surface area contributed by atoms with Crippen LogP contribution in [-0.4, -0.2) is 66.2 Å². The summed E-state index contributed by atoms with van der Waals surface area (Å²) in [6.07, 6.45) is -0.390. The SMILES string of the molecule is COc1c2c(c(O)c3c4c(c(C)cc13)C1OC3(C(C)OC)OC1C(O)(O4)C31CO1)C(=O)CCC2. The van der Waals surface area contributed by atoms with Crippen LogP contribution < -0.4 is 9.47 Å². The van der Waals surface area contributed by atoms with Gasteiger partial charge in [-0.15, -0.1) is 0 Å². The highest BCUT2D eigenvalue weighted by atomic mass is 16.9. The predicted octanol–water partition coefficient (Wildman–Crippen LogP) is 2.43. The number of aromatic hydroxyl groups is 1. The van der Waals surface area contributed by atoms with Crippen molar-refractivity contribution in [2.45, 2.75) is 68.6 Å². The Hall–Kier alpha value is -2.43. The number of phenolic OH excluding ortho intramolecular Hbond substituents is 1. The first kappa shape index (κ1) is 20.9. The topological polar surface area (TPSA) is 116 Å². The van der Waals surface area contributed by atoms with Crippen LogP contribution in [0.5, 0.6) is 17.2 Å². The quantitative estimate of drug-likeness (QED) is 0.653. The molecule has 9 nitrogen and oxygen atoms in total. The molecule has 7 rings (SSSR count). The Morgan fingerprint density at radius 2 is 2.00 bits per heavy atom. The van der Waals surface area contributed by atoms with Crippen LogP contribution in [-0.2, 0) is 25.4 Å². The molecule has 2 bridgehead atoms. The number of epoxide rings is 1. The smallest absolute Gasteiger partial charge is 0.274 e. The molecule has 4 heterocycles. The molecule has 2 aromatic carbocycles. The van der Waals surface area contributed by atoms with Crippen LogP contribution in [0.1, 0.15) is 52.9 Å². The van der Waals surface area contributed by atoms with Gasteiger partial charge in [-0.3, -0.25) is 4.79 Å². The monoisotopic (exact) mass is 470 g/mol. The average Bonchev–Trinajstić information content (AvgIpc) is 3.48. The van der Waals surface area contributed by atoms with Crippen molar-refractivity contribution in [3.63, 3.8) is 0 Å². The van der Waals surface area contributed by atoms with Gasteiger partial charge in [0, 0.05) is 30.0 Å². The van der Waals surface area contributed by atoms with E-state index in [9.17, 15) is 15.0 Å². The molecular formula is C25H26O9. The van der Waals surface area contributed by atoms with E-state index in [-0.39, 0.29) is 29.5 Å². The standard InChI is InChI=1S/C25H26O9/c1-10-8-13-17(18(27)16-12(19(13)30-4)6-5-7-14(16)26)20-15(10)21-22-24(28,32-20)23(9-31-23)25(33-21,34-22)11(2)29-3/h8,11,21-22,27-28H,5-7,9H2,1-4H3. The molecule has 2 aromatic rings. The zero-order valence-electron chi connectivity index (χ0n) is 19.4. The molecule has 0 saturated carbocycles. The summed E-state index contributed by atoms with van der Waals surface area (Å²) in [4.78, 5) is 12.8. The first-order chi connectivity index (χ1) is 16.2. The van der Waals surface area contributed by atoms with E-state index in [0.29, 0.717) is 46.9 Å². The molecule has 3 fully saturated rings. The van der Waals surface area contributed by atoms with Crippen molar-refractivity contribution in [1.29, 1.82) is 0 Å². The summed E-state index contributed by atoms with van der Waals surface area (Å²) in [5.41, 5.74) is 1.18. The van der Waals surface area contributed by atoms with Crippen molar-refractivity contribution in [2.75, 3.05) is 20.8 Å². The summed E-state index contributed by atoms with van der Waals surface area (Å²) < 4.78 is 36.3. The average molecular weight is 470 g/mol.